The van der Waals surface area contributed by atoms with Crippen molar-refractivity contribution >= 4 is 0 Å². The van der Waals surface area contributed by atoms with Crippen LogP contribution in [-0.2, 0) is 0 Å². The molecule has 1 aromatic heterocycles. The van der Waals surface area contributed by atoms with Gasteiger partial charge in [0.25, 0.3) is 0 Å². The number of pyridine rings is 1. The first-order chi connectivity index (χ1) is 10.3. The van der Waals surface area contributed by atoms with Crippen molar-refractivity contribution in [3.8, 4) is 0 Å². The quantitative estimate of drug-likeness (QED) is 0.881. The topological polar surface area (TPSA) is 24.9 Å². The largest absolute Gasteiger partial charge is 0.302 e. The van der Waals surface area contributed by atoms with Gasteiger partial charge in [-0.3, -0.25) is 4.98 Å². The maximum atomic E-state index is 4.57. The predicted octanol–water partition coefficient (Wildman–Crippen LogP) is 4.34. The van der Waals surface area contributed by atoms with Crippen LogP contribution in [0, 0.1) is 5.92 Å². The van der Waals surface area contributed by atoms with E-state index in [1.807, 2.05) is 12.3 Å². The summed E-state index contributed by atoms with van der Waals surface area (Å²) in [5.74, 6) is 0.805. The average Bonchev–Trinajstić information content (AvgIpc) is 3.09. The Morgan fingerprint density at radius 1 is 1.00 bits per heavy atom. The zero-order valence-corrected chi connectivity index (χ0v) is 12.7. The average molecular weight is 280 g/mol. The minimum atomic E-state index is 0.183. The molecule has 1 aliphatic carbocycles. The Kier molecular flexibility index (Phi) is 4.66. The van der Waals surface area contributed by atoms with E-state index >= 15 is 0 Å². The van der Waals surface area contributed by atoms with Crippen LogP contribution in [0.5, 0.6) is 0 Å². The fourth-order valence-electron chi connectivity index (χ4n) is 3.40. The van der Waals surface area contributed by atoms with Gasteiger partial charge < -0.3 is 5.32 Å². The van der Waals surface area contributed by atoms with E-state index in [1.165, 1.54) is 31.2 Å². The SMILES string of the molecule is CC(NC(c1ccccc1)c1ccccn1)C1CCCC1. The summed E-state index contributed by atoms with van der Waals surface area (Å²) in [7, 11) is 0. The number of benzene rings is 1. The molecule has 1 aliphatic rings. The van der Waals surface area contributed by atoms with E-state index in [4.69, 9.17) is 0 Å². The molecule has 0 radical (unpaired) electrons. The Morgan fingerprint density at radius 3 is 2.38 bits per heavy atom. The number of aromatic nitrogens is 1. The maximum Gasteiger partial charge on any atom is 0.0753 e. The lowest BCUT2D eigenvalue weighted by atomic mass is 9.96. The highest BCUT2D eigenvalue weighted by molar-refractivity contribution is 5.27. The Labute approximate surface area is 127 Å². The van der Waals surface area contributed by atoms with Gasteiger partial charge in [0.1, 0.15) is 0 Å². The molecule has 0 spiro atoms. The summed E-state index contributed by atoms with van der Waals surface area (Å²) in [6, 6.07) is 17.5. The lowest BCUT2D eigenvalue weighted by molar-refractivity contribution is 0.358. The summed E-state index contributed by atoms with van der Waals surface area (Å²) in [4.78, 5) is 4.57. The van der Waals surface area contributed by atoms with Crippen LogP contribution >= 0.6 is 0 Å². The van der Waals surface area contributed by atoms with Crippen LogP contribution < -0.4 is 5.32 Å². The molecule has 2 heteroatoms. The van der Waals surface area contributed by atoms with Crippen molar-refractivity contribution in [2.75, 3.05) is 0 Å². The van der Waals surface area contributed by atoms with E-state index in [2.05, 4.69) is 59.7 Å². The summed E-state index contributed by atoms with van der Waals surface area (Å²) < 4.78 is 0. The Bertz CT molecular complexity index is 493. The fraction of sp³-hybridized carbons (Fsp3) is 0.421. The van der Waals surface area contributed by atoms with Gasteiger partial charge in [-0.1, -0.05) is 49.2 Å². The van der Waals surface area contributed by atoms with E-state index < -0.39 is 0 Å². The summed E-state index contributed by atoms with van der Waals surface area (Å²) in [6.07, 6.45) is 7.37. The Morgan fingerprint density at radius 2 is 1.71 bits per heavy atom. The smallest absolute Gasteiger partial charge is 0.0753 e. The molecule has 1 aromatic carbocycles. The van der Waals surface area contributed by atoms with Gasteiger partial charge in [0.2, 0.25) is 0 Å². The highest BCUT2D eigenvalue weighted by atomic mass is 15.0. The van der Waals surface area contributed by atoms with E-state index in [9.17, 15) is 0 Å². The van der Waals surface area contributed by atoms with Crippen LogP contribution in [0.2, 0.25) is 0 Å². The molecule has 0 aliphatic heterocycles. The second kappa shape index (κ2) is 6.86. The molecule has 21 heavy (non-hydrogen) atoms. The molecule has 110 valence electrons. The standard InChI is InChI=1S/C19H24N2/c1-15(16-9-5-6-10-16)21-19(17-11-3-2-4-12-17)18-13-7-8-14-20-18/h2-4,7-8,11-16,19,21H,5-6,9-10H2,1H3. The van der Waals surface area contributed by atoms with Crippen LogP contribution in [0.15, 0.2) is 54.7 Å². The first-order valence-corrected chi connectivity index (χ1v) is 8.06. The van der Waals surface area contributed by atoms with Crippen LogP contribution in [0.25, 0.3) is 0 Å². The lowest BCUT2D eigenvalue weighted by Crippen LogP contribution is -2.36. The van der Waals surface area contributed by atoms with Crippen molar-refractivity contribution in [3.05, 3.63) is 66.0 Å². The Balaban J connectivity index is 1.82. The fourth-order valence-corrected chi connectivity index (χ4v) is 3.40. The van der Waals surface area contributed by atoms with Gasteiger partial charge in [-0.15, -0.1) is 0 Å². The van der Waals surface area contributed by atoms with Crippen LogP contribution in [0.4, 0.5) is 0 Å². The van der Waals surface area contributed by atoms with Gasteiger partial charge in [-0.2, -0.15) is 0 Å². The minimum absolute atomic E-state index is 0.183. The van der Waals surface area contributed by atoms with Crippen LogP contribution in [0.1, 0.15) is 49.9 Å². The third-order valence-corrected chi connectivity index (χ3v) is 4.65. The van der Waals surface area contributed by atoms with E-state index in [-0.39, 0.29) is 6.04 Å². The normalized spacial score (nSPS) is 18.5. The molecule has 1 fully saturated rings. The molecule has 2 nitrogen and oxygen atoms in total. The van der Waals surface area contributed by atoms with E-state index in [1.54, 1.807) is 0 Å². The van der Waals surface area contributed by atoms with Crippen LogP contribution in [-0.4, -0.2) is 11.0 Å². The molecule has 1 N–H and O–H groups in total. The molecule has 0 saturated heterocycles. The monoisotopic (exact) mass is 280 g/mol. The van der Waals surface area contributed by atoms with Crippen molar-refractivity contribution in [3.63, 3.8) is 0 Å². The lowest BCUT2D eigenvalue weighted by Gasteiger charge is -2.27. The van der Waals surface area contributed by atoms with Gasteiger partial charge in [-0.25, -0.2) is 0 Å². The highest BCUT2D eigenvalue weighted by Gasteiger charge is 2.25. The molecule has 2 unspecified atom stereocenters. The summed E-state index contributed by atoms with van der Waals surface area (Å²) >= 11 is 0. The molecule has 2 atom stereocenters. The van der Waals surface area contributed by atoms with Crippen molar-refractivity contribution in [1.82, 2.24) is 10.3 Å². The second-order valence-electron chi connectivity index (χ2n) is 6.10. The van der Waals surface area contributed by atoms with Gasteiger partial charge in [0.15, 0.2) is 0 Å². The van der Waals surface area contributed by atoms with E-state index in [0.29, 0.717) is 6.04 Å². The van der Waals surface area contributed by atoms with Crippen LogP contribution in [0.3, 0.4) is 0 Å². The number of rotatable bonds is 5. The predicted molar refractivity (Wildman–Crippen MR) is 87.1 cm³/mol. The first-order valence-electron chi connectivity index (χ1n) is 8.06. The van der Waals surface area contributed by atoms with Crippen molar-refractivity contribution in [2.45, 2.75) is 44.7 Å². The highest BCUT2D eigenvalue weighted by Crippen LogP contribution is 2.30. The van der Waals surface area contributed by atoms with Gasteiger partial charge >= 0.3 is 0 Å². The number of nitrogens with zero attached hydrogens (tertiary/aromatic N) is 1. The molecule has 1 saturated carbocycles. The first kappa shape index (κ1) is 14.3. The summed E-state index contributed by atoms with van der Waals surface area (Å²) in [6.45, 7) is 2.33. The zero-order valence-electron chi connectivity index (χ0n) is 12.7. The molecular formula is C19H24N2. The molecule has 1 heterocycles. The van der Waals surface area contributed by atoms with E-state index in [0.717, 1.165) is 11.6 Å². The zero-order chi connectivity index (χ0) is 14.5. The molecule has 2 aromatic rings. The van der Waals surface area contributed by atoms with Gasteiger partial charge in [-0.05, 0) is 43.4 Å². The second-order valence-corrected chi connectivity index (χ2v) is 6.10. The van der Waals surface area contributed by atoms with Crippen molar-refractivity contribution in [2.24, 2.45) is 5.92 Å². The number of hydrogen-bond donors (Lipinski definition) is 1. The molecular weight excluding hydrogens is 256 g/mol. The van der Waals surface area contributed by atoms with Gasteiger partial charge in [0, 0.05) is 12.2 Å². The molecule has 0 bridgehead atoms. The van der Waals surface area contributed by atoms with Crippen molar-refractivity contribution < 1.29 is 0 Å². The summed E-state index contributed by atoms with van der Waals surface area (Å²) in [5.41, 5.74) is 2.40. The Hall–Kier alpha value is -1.67. The summed E-state index contributed by atoms with van der Waals surface area (Å²) in [5, 5.41) is 3.83. The minimum Gasteiger partial charge on any atom is -0.302 e. The maximum absolute atomic E-state index is 4.57. The number of nitrogens with one attached hydrogen (secondary N) is 1. The number of hydrogen-bond acceptors (Lipinski definition) is 2. The molecule has 3 rings (SSSR count). The van der Waals surface area contributed by atoms with Gasteiger partial charge in [0.05, 0.1) is 11.7 Å². The third-order valence-electron chi connectivity index (χ3n) is 4.65. The molecule has 0 amide bonds. The third kappa shape index (κ3) is 3.51. The van der Waals surface area contributed by atoms with Crippen molar-refractivity contribution in [1.29, 1.82) is 0 Å².